The summed E-state index contributed by atoms with van der Waals surface area (Å²) in [5.41, 5.74) is 2.62. The Morgan fingerprint density at radius 1 is 1.14 bits per heavy atom. The number of hydrogen-bond donors (Lipinski definition) is 0. The molecule has 7 heteroatoms. The second-order valence-corrected chi connectivity index (χ2v) is 9.01. The molecule has 3 heterocycles. The van der Waals surface area contributed by atoms with Crippen molar-refractivity contribution in [1.29, 1.82) is 0 Å². The minimum atomic E-state index is -0.268. The molecule has 5 rings (SSSR count). The van der Waals surface area contributed by atoms with Gasteiger partial charge in [0.05, 0.1) is 28.4 Å². The Labute approximate surface area is 175 Å². The van der Waals surface area contributed by atoms with Gasteiger partial charge in [0, 0.05) is 17.5 Å². The maximum Gasteiger partial charge on any atom is 0.229 e. The van der Waals surface area contributed by atoms with E-state index in [1.165, 1.54) is 23.5 Å². The van der Waals surface area contributed by atoms with Gasteiger partial charge in [-0.2, -0.15) is 0 Å². The van der Waals surface area contributed by atoms with Crippen molar-refractivity contribution in [3.63, 3.8) is 0 Å². The van der Waals surface area contributed by atoms with Crippen LogP contribution in [0.15, 0.2) is 53.9 Å². The zero-order chi connectivity index (χ0) is 19.8. The number of carbonyl (C=O) groups excluding carboxylic acids is 1. The van der Waals surface area contributed by atoms with Crippen LogP contribution in [0.25, 0.3) is 20.8 Å². The maximum absolute atomic E-state index is 13.1. The lowest BCUT2D eigenvalue weighted by molar-refractivity contribution is -0.131. The van der Waals surface area contributed by atoms with Crippen LogP contribution in [0, 0.1) is 5.82 Å². The van der Waals surface area contributed by atoms with Gasteiger partial charge in [-0.15, -0.1) is 22.7 Å². The molecule has 0 spiro atoms. The summed E-state index contributed by atoms with van der Waals surface area (Å²) in [6.45, 7) is 0.758. The molecule has 1 unspecified atom stereocenters. The zero-order valence-corrected chi connectivity index (χ0v) is 17.2. The van der Waals surface area contributed by atoms with Gasteiger partial charge in [0.15, 0.2) is 0 Å². The lowest BCUT2D eigenvalue weighted by atomic mass is 10.2. The van der Waals surface area contributed by atoms with Crippen LogP contribution >= 0.6 is 22.7 Å². The first kappa shape index (κ1) is 18.4. The summed E-state index contributed by atoms with van der Waals surface area (Å²) in [6, 6.07) is 14.4. The van der Waals surface area contributed by atoms with E-state index in [1.54, 1.807) is 23.5 Å². The number of fused-ring (bicyclic) bond motifs is 1. The number of aromatic nitrogens is 2. The topological polar surface area (TPSA) is 46.1 Å². The number of thiazole rings is 2. The van der Waals surface area contributed by atoms with E-state index in [4.69, 9.17) is 4.98 Å². The SMILES string of the molecule is O=C(Cc1csc(-c2ccc(F)cc2)n1)N1CCCC1c1nc2ccccc2s1. The smallest absolute Gasteiger partial charge is 0.229 e. The molecule has 1 atom stereocenters. The number of nitrogens with zero attached hydrogens (tertiary/aromatic N) is 3. The highest BCUT2D eigenvalue weighted by atomic mass is 32.1. The Hall–Kier alpha value is -2.64. The molecule has 1 saturated heterocycles. The number of benzene rings is 2. The van der Waals surface area contributed by atoms with E-state index >= 15 is 0 Å². The van der Waals surface area contributed by atoms with Gasteiger partial charge in [0.1, 0.15) is 15.8 Å². The number of hydrogen-bond acceptors (Lipinski definition) is 5. The van der Waals surface area contributed by atoms with Gasteiger partial charge in [-0.05, 0) is 49.2 Å². The van der Waals surface area contributed by atoms with Crippen molar-refractivity contribution < 1.29 is 9.18 Å². The fourth-order valence-corrected chi connectivity index (χ4v) is 5.67. The lowest BCUT2D eigenvalue weighted by Gasteiger charge is -2.22. The van der Waals surface area contributed by atoms with Crippen molar-refractivity contribution >= 4 is 38.8 Å². The van der Waals surface area contributed by atoms with Crippen molar-refractivity contribution in [1.82, 2.24) is 14.9 Å². The second-order valence-electron chi connectivity index (χ2n) is 7.09. The van der Waals surface area contributed by atoms with Gasteiger partial charge in [-0.1, -0.05) is 12.1 Å². The highest BCUT2D eigenvalue weighted by molar-refractivity contribution is 7.18. The van der Waals surface area contributed by atoms with Gasteiger partial charge >= 0.3 is 0 Å². The number of likely N-dealkylation sites (tertiary alicyclic amines) is 1. The van der Waals surface area contributed by atoms with E-state index in [2.05, 4.69) is 11.1 Å². The number of halogens is 1. The molecule has 4 nitrogen and oxygen atoms in total. The molecule has 1 amide bonds. The van der Waals surface area contributed by atoms with E-state index in [9.17, 15) is 9.18 Å². The molecule has 1 aliphatic rings. The van der Waals surface area contributed by atoms with Crippen molar-refractivity contribution in [2.45, 2.75) is 25.3 Å². The molecule has 0 aliphatic carbocycles. The largest absolute Gasteiger partial charge is 0.333 e. The number of carbonyl (C=O) groups is 1. The van der Waals surface area contributed by atoms with E-state index in [0.29, 0.717) is 0 Å². The van der Waals surface area contributed by atoms with Crippen LogP contribution < -0.4 is 0 Å². The summed E-state index contributed by atoms with van der Waals surface area (Å²) in [4.78, 5) is 24.3. The number of para-hydroxylation sites is 1. The molecule has 0 bridgehead atoms. The first-order valence-corrected chi connectivity index (χ1v) is 11.2. The van der Waals surface area contributed by atoms with Crippen molar-refractivity contribution in [2.24, 2.45) is 0 Å². The molecule has 2 aromatic heterocycles. The Kier molecular flexibility index (Phi) is 4.85. The molecule has 0 N–H and O–H groups in total. The Morgan fingerprint density at radius 2 is 1.97 bits per heavy atom. The van der Waals surface area contributed by atoms with Crippen LogP contribution in [-0.2, 0) is 11.2 Å². The molecule has 2 aromatic carbocycles. The monoisotopic (exact) mass is 423 g/mol. The van der Waals surface area contributed by atoms with Crippen LogP contribution in [0.1, 0.15) is 29.6 Å². The van der Waals surface area contributed by atoms with Crippen LogP contribution in [0.5, 0.6) is 0 Å². The minimum absolute atomic E-state index is 0.0510. The van der Waals surface area contributed by atoms with Gasteiger partial charge in [0.2, 0.25) is 5.91 Å². The normalized spacial score (nSPS) is 16.6. The molecular formula is C22H18FN3OS2. The van der Waals surface area contributed by atoms with Crippen LogP contribution in [-0.4, -0.2) is 27.3 Å². The molecule has 0 saturated carbocycles. The number of rotatable bonds is 4. The summed E-state index contributed by atoms with van der Waals surface area (Å²) in [6.07, 6.45) is 2.22. The first-order chi connectivity index (χ1) is 14.2. The Bertz CT molecular complexity index is 1140. The average Bonchev–Trinajstić information content (AvgIpc) is 3.47. The van der Waals surface area contributed by atoms with Crippen molar-refractivity contribution in [3.8, 4) is 10.6 Å². The van der Waals surface area contributed by atoms with E-state index in [0.717, 1.165) is 50.9 Å². The highest BCUT2D eigenvalue weighted by Gasteiger charge is 2.32. The van der Waals surface area contributed by atoms with Crippen LogP contribution in [0.4, 0.5) is 4.39 Å². The van der Waals surface area contributed by atoms with E-state index in [1.807, 2.05) is 28.5 Å². The third kappa shape index (κ3) is 3.68. The van der Waals surface area contributed by atoms with Gasteiger partial charge < -0.3 is 4.90 Å². The van der Waals surface area contributed by atoms with Crippen molar-refractivity contribution in [2.75, 3.05) is 6.54 Å². The molecule has 0 radical (unpaired) electrons. The Morgan fingerprint density at radius 3 is 2.79 bits per heavy atom. The summed E-state index contributed by atoms with van der Waals surface area (Å²) in [7, 11) is 0. The van der Waals surface area contributed by atoms with Crippen LogP contribution in [0.3, 0.4) is 0 Å². The second kappa shape index (κ2) is 7.65. The molecule has 1 fully saturated rings. The summed E-state index contributed by atoms with van der Waals surface area (Å²) < 4.78 is 14.3. The fraction of sp³-hybridized carbons (Fsp3) is 0.227. The van der Waals surface area contributed by atoms with E-state index in [-0.39, 0.29) is 24.2 Å². The quantitative estimate of drug-likeness (QED) is 0.438. The van der Waals surface area contributed by atoms with Gasteiger partial charge in [-0.25, -0.2) is 14.4 Å². The molecule has 146 valence electrons. The third-order valence-electron chi connectivity index (χ3n) is 5.14. The fourth-order valence-electron chi connectivity index (χ4n) is 3.72. The predicted molar refractivity (Wildman–Crippen MR) is 115 cm³/mol. The van der Waals surface area contributed by atoms with E-state index < -0.39 is 0 Å². The van der Waals surface area contributed by atoms with Crippen molar-refractivity contribution in [3.05, 3.63) is 70.4 Å². The highest BCUT2D eigenvalue weighted by Crippen LogP contribution is 2.37. The Balaban J connectivity index is 1.33. The lowest BCUT2D eigenvalue weighted by Crippen LogP contribution is -2.31. The average molecular weight is 424 g/mol. The predicted octanol–water partition coefficient (Wildman–Crippen LogP) is 5.47. The first-order valence-electron chi connectivity index (χ1n) is 9.53. The molecule has 4 aromatic rings. The summed E-state index contributed by atoms with van der Waals surface area (Å²) in [5.74, 6) is -0.182. The van der Waals surface area contributed by atoms with Crippen LogP contribution in [0.2, 0.25) is 0 Å². The zero-order valence-electron chi connectivity index (χ0n) is 15.5. The summed E-state index contributed by atoms with van der Waals surface area (Å²) >= 11 is 3.15. The molecular weight excluding hydrogens is 405 g/mol. The number of amides is 1. The van der Waals surface area contributed by atoms with Gasteiger partial charge in [-0.3, -0.25) is 4.79 Å². The minimum Gasteiger partial charge on any atom is -0.333 e. The van der Waals surface area contributed by atoms with Gasteiger partial charge in [0.25, 0.3) is 0 Å². The summed E-state index contributed by atoms with van der Waals surface area (Å²) in [5, 5.41) is 3.73. The molecule has 29 heavy (non-hydrogen) atoms. The third-order valence-corrected chi connectivity index (χ3v) is 7.22. The standard InChI is InChI=1S/C22H18FN3OS2/c23-15-9-7-14(8-10-15)21-24-16(13-28-21)12-20(27)26-11-3-5-18(26)22-25-17-4-1-2-6-19(17)29-22/h1-2,4,6-10,13,18H,3,5,11-12H2. The maximum atomic E-state index is 13.1. The molecule has 1 aliphatic heterocycles.